The lowest BCUT2D eigenvalue weighted by Gasteiger charge is -2.13. The Morgan fingerprint density at radius 2 is 2.08 bits per heavy atom. The highest BCUT2D eigenvalue weighted by Crippen LogP contribution is 2.23. The molecular formula is C20H23ClN2O3. The van der Waals surface area contributed by atoms with Crippen LogP contribution in [0.5, 0.6) is 11.6 Å². The molecule has 1 aliphatic carbocycles. The number of benzene rings is 1. The lowest BCUT2D eigenvalue weighted by Crippen LogP contribution is -2.28. The maximum atomic E-state index is 12.0. The summed E-state index contributed by atoms with van der Waals surface area (Å²) in [5, 5.41) is 3.52. The van der Waals surface area contributed by atoms with E-state index in [1.807, 2.05) is 25.1 Å². The highest BCUT2D eigenvalue weighted by Gasteiger charge is 2.17. The summed E-state index contributed by atoms with van der Waals surface area (Å²) < 4.78 is 11.4. The zero-order valence-electron chi connectivity index (χ0n) is 14.8. The van der Waals surface area contributed by atoms with E-state index in [1.165, 1.54) is 12.8 Å². The van der Waals surface area contributed by atoms with E-state index in [4.69, 9.17) is 21.1 Å². The zero-order valence-corrected chi connectivity index (χ0v) is 15.6. The average Bonchev–Trinajstić information content (AvgIpc) is 3.14. The molecule has 0 spiro atoms. The number of carbonyl (C=O) groups excluding carboxylic acids is 1. The van der Waals surface area contributed by atoms with Crippen molar-refractivity contribution in [3.63, 3.8) is 0 Å². The van der Waals surface area contributed by atoms with Gasteiger partial charge in [0.15, 0.2) is 6.61 Å². The fourth-order valence-electron chi connectivity index (χ4n) is 2.91. The van der Waals surface area contributed by atoms with Gasteiger partial charge in [-0.25, -0.2) is 4.98 Å². The van der Waals surface area contributed by atoms with E-state index < -0.39 is 0 Å². The number of hydrogen-bond donors (Lipinski definition) is 1. The number of carbonyl (C=O) groups is 1. The van der Waals surface area contributed by atoms with Crippen LogP contribution in [-0.2, 0) is 11.3 Å². The molecule has 5 nitrogen and oxygen atoms in total. The molecule has 138 valence electrons. The van der Waals surface area contributed by atoms with E-state index in [2.05, 4.69) is 10.3 Å². The Balaban J connectivity index is 1.45. The summed E-state index contributed by atoms with van der Waals surface area (Å²) in [5.74, 6) is 1.06. The Labute approximate surface area is 158 Å². The summed E-state index contributed by atoms with van der Waals surface area (Å²) in [6.07, 6.45) is 6.58. The van der Waals surface area contributed by atoms with Gasteiger partial charge in [0, 0.05) is 23.8 Å². The topological polar surface area (TPSA) is 60.5 Å². The highest BCUT2D eigenvalue weighted by atomic mass is 35.5. The summed E-state index contributed by atoms with van der Waals surface area (Å²) in [7, 11) is 0. The second kappa shape index (κ2) is 8.90. The number of aromatic nitrogens is 1. The maximum Gasteiger partial charge on any atom is 0.258 e. The molecule has 0 atom stereocenters. The van der Waals surface area contributed by atoms with Crippen molar-refractivity contribution in [1.82, 2.24) is 10.3 Å². The van der Waals surface area contributed by atoms with Crippen molar-refractivity contribution in [2.75, 3.05) is 6.61 Å². The molecule has 0 bridgehead atoms. The molecule has 1 aromatic heterocycles. The molecule has 6 heteroatoms. The van der Waals surface area contributed by atoms with Gasteiger partial charge in [-0.2, -0.15) is 0 Å². The van der Waals surface area contributed by atoms with Crippen molar-refractivity contribution in [1.29, 1.82) is 0 Å². The quantitative estimate of drug-likeness (QED) is 0.793. The van der Waals surface area contributed by atoms with Gasteiger partial charge >= 0.3 is 0 Å². The first-order valence-corrected chi connectivity index (χ1v) is 9.25. The van der Waals surface area contributed by atoms with Crippen LogP contribution in [0.4, 0.5) is 0 Å². The van der Waals surface area contributed by atoms with E-state index >= 15 is 0 Å². The third kappa shape index (κ3) is 5.36. The van der Waals surface area contributed by atoms with Crippen LogP contribution in [0.15, 0.2) is 36.5 Å². The van der Waals surface area contributed by atoms with Crippen molar-refractivity contribution in [3.05, 3.63) is 52.7 Å². The van der Waals surface area contributed by atoms with Crippen molar-refractivity contribution in [3.8, 4) is 11.6 Å². The van der Waals surface area contributed by atoms with Crippen molar-refractivity contribution >= 4 is 17.5 Å². The highest BCUT2D eigenvalue weighted by molar-refractivity contribution is 6.31. The molecular weight excluding hydrogens is 352 g/mol. The first kappa shape index (κ1) is 18.5. The van der Waals surface area contributed by atoms with Gasteiger partial charge in [-0.05, 0) is 68.0 Å². The molecule has 0 saturated heterocycles. The molecule has 1 aromatic carbocycles. The van der Waals surface area contributed by atoms with Gasteiger partial charge < -0.3 is 14.8 Å². The van der Waals surface area contributed by atoms with E-state index in [-0.39, 0.29) is 18.6 Å². The van der Waals surface area contributed by atoms with Gasteiger partial charge in [-0.1, -0.05) is 11.6 Å². The summed E-state index contributed by atoms with van der Waals surface area (Å²) in [4.78, 5) is 16.2. The van der Waals surface area contributed by atoms with Gasteiger partial charge in [-0.15, -0.1) is 0 Å². The van der Waals surface area contributed by atoms with Crippen LogP contribution in [0.3, 0.4) is 0 Å². The molecule has 0 aliphatic heterocycles. The molecule has 1 heterocycles. The third-order valence-corrected chi connectivity index (χ3v) is 4.80. The lowest BCUT2D eigenvalue weighted by molar-refractivity contribution is -0.123. The normalized spacial score (nSPS) is 14.2. The van der Waals surface area contributed by atoms with Crippen LogP contribution < -0.4 is 14.8 Å². The molecule has 1 aliphatic rings. The van der Waals surface area contributed by atoms with E-state index in [0.717, 1.165) is 24.0 Å². The van der Waals surface area contributed by atoms with Crippen LogP contribution in [0.25, 0.3) is 0 Å². The van der Waals surface area contributed by atoms with Crippen LogP contribution in [0.2, 0.25) is 5.02 Å². The molecule has 26 heavy (non-hydrogen) atoms. The largest absolute Gasteiger partial charge is 0.484 e. The van der Waals surface area contributed by atoms with E-state index in [1.54, 1.807) is 18.3 Å². The molecule has 1 N–H and O–H groups in total. The third-order valence-electron chi connectivity index (χ3n) is 4.38. The number of amides is 1. The SMILES string of the molecule is Cc1cc(OCC(=O)NCc2ccnc(OC3CCCC3)c2)ccc1Cl. The van der Waals surface area contributed by atoms with Gasteiger partial charge in [0.25, 0.3) is 5.91 Å². The van der Waals surface area contributed by atoms with Crippen molar-refractivity contribution in [2.24, 2.45) is 0 Å². The molecule has 1 saturated carbocycles. The lowest BCUT2D eigenvalue weighted by atomic mass is 10.2. The summed E-state index contributed by atoms with van der Waals surface area (Å²) in [5.41, 5.74) is 1.86. The Kier molecular flexibility index (Phi) is 6.34. The Morgan fingerprint density at radius 1 is 1.27 bits per heavy atom. The van der Waals surface area contributed by atoms with Gasteiger partial charge in [0.2, 0.25) is 5.88 Å². The smallest absolute Gasteiger partial charge is 0.258 e. The number of pyridine rings is 1. The molecule has 3 rings (SSSR count). The van der Waals surface area contributed by atoms with Gasteiger partial charge in [0.1, 0.15) is 11.9 Å². The Bertz CT molecular complexity index is 760. The summed E-state index contributed by atoms with van der Waals surface area (Å²) >= 11 is 5.98. The number of aryl methyl sites for hydroxylation is 1. The Morgan fingerprint density at radius 3 is 2.85 bits per heavy atom. The number of rotatable bonds is 7. The standard InChI is InChI=1S/C20H23ClN2O3/c1-14-10-17(6-7-18(14)21)25-13-19(24)23-12-15-8-9-22-20(11-15)26-16-4-2-3-5-16/h6-11,16H,2-5,12-13H2,1H3,(H,23,24). The van der Waals surface area contributed by atoms with Crippen molar-refractivity contribution in [2.45, 2.75) is 45.3 Å². The first-order chi connectivity index (χ1) is 12.6. The average molecular weight is 375 g/mol. The first-order valence-electron chi connectivity index (χ1n) is 8.87. The second-order valence-corrected chi connectivity index (χ2v) is 6.91. The van der Waals surface area contributed by atoms with E-state index in [9.17, 15) is 4.79 Å². The van der Waals surface area contributed by atoms with Gasteiger partial charge in [0.05, 0.1) is 0 Å². The Hall–Kier alpha value is -2.27. The summed E-state index contributed by atoms with van der Waals surface area (Å²) in [6.45, 7) is 2.26. The number of hydrogen-bond acceptors (Lipinski definition) is 4. The minimum absolute atomic E-state index is 0.0441. The molecule has 1 fully saturated rings. The predicted molar refractivity (Wildman–Crippen MR) is 101 cm³/mol. The molecule has 1 amide bonds. The zero-order chi connectivity index (χ0) is 18.4. The van der Waals surface area contributed by atoms with Crippen LogP contribution >= 0.6 is 11.6 Å². The molecule has 2 aromatic rings. The minimum Gasteiger partial charge on any atom is -0.484 e. The molecule has 0 radical (unpaired) electrons. The number of halogens is 1. The van der Waals surface area contributed by atoms with Crippen molar-refractivity contribution < 1.29 is 14.3 Å². The van der Waals surface area contributed by atoms with Gasteiger partial charge in [-0.3, -0.25) is 4.79 Å². The van der Waals surface area contributed by atoms with E-state index in [0.29, 0.717) is 23.2 Å². The number of ether oxygens (including phenoxy) is 2. The maximum absolute atomic E-state index is 12.0. The molecule has 0 unspecified atom stereocenters. The fourth-order valence-corrected chi connectivity index (χ4v) is 3.03. The minimum atomic E-state index is -0.187. The fraction of sp³-hybridized carbons (Fsp3) is 0.400. The van der Waals surface area contributed by atoms with Crippen LogP contribution in [0, 0.1) is 6.92 Å². The predicted octanol–water partition coefficient (Wildman–Crippen LogP) is 4.06. The monoisotopic (exact) mass is 374 g/mol. The number of nitrogens with one attached hydrogen (secondary N) is 1. The summed E-state index contributed by atoms with van der Waals surface area (Å²) in [6, 6.07) is 9.06. The second-order valence-electron chi connectivity index (χ2n) is 6.50. The van der Waals surface area contributed by atoms with Crippen LogP contribution in [0.1, 0.15) is 36.8 Å². The van der Waals surface area contributed by atoms with Crippen LogP contribution in [-0.4, -0.2) is 23.6 Å². The number of nitrogens with zero attached hydrogens (tertiary/aromatic N) is 1.